The largest absolute Gasteiger partial charge is 0.494 e. The first-order chi connectivity index (χ1) is 16.9. The fraction of sp³-hybridized carbons (Fsp3) is 0.214. The smallest absolute Gasteiger partial charge is 0.251 e. The van der Waals surface area contributed by atoms with E-state index in [4.69, 9.17) is 9.15 Å². The SMILES string of the molecule is CCOc1ccc(CNC(=O)c2ccc(-c3nc(C[S@@](=O)c4ccc(C)cc4)c(C)o3)cc2)cc1. The van der Waals surface area contributed by atoms with E-state index in [1.807, 2.05) is 69.3 Å². The summed E-state index contributed by atoms with van der Waals surface area (Å²) in [5, 5.41) is 2.93. The van der Waals surface area contributed by atoms with Crippen LogP contribution >= 0.6 is 0 Å². The molecule has 3 aromatic carbocycles. The Labute approximate surface area is 207 Å². The summed E-state index contributed by atoms with van der Waals surface area (Å²) in [4.78, 5) is 17.9. The van der Waals surface area contributed by atoms with Crippen molar-refractivity contribution in [3.05, 3.63) is 101 Å². The number of oxazole rings is 1. The van der Waals surface area contributed by atoms with Crippen LogP contribution in [0.15, 0.2) is 82.1 Å². The van der Waals surface area contributed by atoms with Gasteiger partial charge in [0, 0.05) is 22.6 Å². The summed E-state index contributed by atoms with van der Waals surface area (Å²) >= 11 is 0. The summed E-state index contributed by atoms with van der Waals surface area (Å²) in [6.07, 6.45) is 0. The zero-order chi connectivity index (χ0) is 24.8. The Morgan fingerprint density at radius 1 is 0.971 bits per heavy atom. The van der Waals surface area contributed by atoms with Gasteiger partial charge in [0.25, 0.3) is 5.91 Å². The maximum Gasteiger partial charge on any atom is 0.251 e. The lowest BCUT2D eigenvalue weighted by Gasteiger charge is -2.07. The van der Waals surface area contributed by atoms with E-state index in [0.717, 1.165) is 27.3 Å². The second-order valence-electron chi connectivity index (χ2n) is 8.16. The Morgan fingerprint density at radius 2 is 1.66 bits per heavy atom. The fourth-order valence-corrected chi connectivity index (χ4v) is 4.62. The van der Waals surface area contributed by atoms with Crippen LogP contribution in [0.1, 0.15) is 39.9 Å². The normalized spacial score (nSPS) is 11.7. The molecule has 0 unspecified atom stereocenters. The van der Waals surface area contributed by atoms with Crippen LogP contribution in [0.3, 0.4) is 0 Å². The molecule has 0 bridgehead atoms. The zero-order valence-corrected chi connectivity index (χ0v) is 20.9. The van der Waals surface area contributed by atoms with E-state index in [1.54, 1.807) is 24.3 Å². The predicted octanol–water partition coefficient (Wildman–Crippen LogP) is 5.59. The van der Waals surface area contributed by atoms with Gasteiger partial charge in [-0.3, -0.25) is 9.00 Å². The molecule has 1 atom stereocenters. The minimum Gasteiger partial charge on any atom is -0.494 e. The number of hydrogen-bond donors (Lipinski definition) is 1. The minimum atomic E-state index is -1.21. The van der Waals surface area contributed by atoms with E-state index < -0.39 is 10.8 Å². The van der Waals surface area contributed by atoms with Crippen LogP contribution in [0.5, 0.6) is 5.75 Å². The van der Waals surface area contributed by atoms with Crippen molar-refractivity contribution >= 4 is 16.7 Å². The number of hydrogen-bond acceptors (Lipinski definition) is 5. The number of ether oxygens (including phenoxy) is 1. The Bertz CT molecular complexity index is 1310. The number of aromatic nitrogens is 1. The highest BCUT2D eigenvalue weighted by atomic mass is 32.2. The average molecular weight is 489 g/mol. The van der Waals surface area contributed by atoms with Crippen LogP contribution in [0.4, 0.5) is 0 Å². The van der Waals surface area contributed by atoms with Crippen LogP contribution in [-0.4, -0.2) is 21.7 Å². The molecule has 1 N–H and O–H groups in total. The van der Waals surface area contributed by atoms with E-state index in [2.05, 4.69) is 10.3 Å². The van der Waals surface area contributed by atoms with Gasteiger partial charge in [0.2, 0.25) is 5.89 Å². The molecule has 0 saturated heterocycles. The molecule has 35 heavy (non-hydrogen) atoms. The molecule has 6 nitrogen and oxygen atoms in total. The number of nitrogens with zero attached hydrogens (tertiary/aromatic N) is 1. The number of nitrogens with one attached hydrogen (secondary N) is 1. The van der Waals surface area contributed by atoms with Crippen molar-refractivity contribution in [1.82, 2.24) is 10.3 Å². The third-order valence-corrected chi connectivity index (χ3v) is 6.86. The zero-order valence-electron chi connectivity index (χ0n) is 20.0. The van der Waals surface area contributed by atoms with E-state index in [-0.39, 0.29) is 11.7 Å². The van der Waals surface area contributed by atoms with Crippen molar-refractivity contribution in [3.63, 3.8) is 0 Å². The van der Waals surface area contributed by atoms with Gasteiger partial charge in [-0.05, 0) is 74.9 Å². The van der Waals surface area contributed by atoms with Gasteiger partial charge in [-0.2, -0.15) is 0 Å². The first kappa shape index (κ1) is 24.4. The Kier molecular flexibility index (Phi) is 7.77. The van der Waals surface area contributed by atoms with Gasteiger partial charge in [0.15, 0.2) is 0 Å². The maximum atomic E-state index is 12.7. The second-order valence-corrected chi connectivity index (χ2v) is 9.61. The van der Waals surface area contributed by atoms with E-state index in [0.29, 0.717) is 36.1 Å². The van der Waals surface area contributed by atoms with Gasteiger partial charge in [-0.1, -0.05) is 29.8 Å². The van der Waals surface area contributed by atoms with Gasteiger partial charge in [0.05, 0.1) is 28.9 Å². The standard InChI is InChI=1S/C28H28N2O4S/c1-4-33-24-13-7-21(8-14-24)17-29-27(31)22-9-11-23(12-10-22)28-30-26(20(3)34-28)18-35(32)25-15-5-19(2)6-16-25/h5-16H,4,17-18H2,1-3H3,(H,29,31)/t35-/m1/s1. The van der Waals surface area contributed by atoms with Crippen molar-refractivity contribution in [2.24, 2.45) is 0 Å². The summed E-state index contributed by atoms with van der Waals surface area (Å²) in [5.41, 5.74) is 4.08. The van der Waals surface area contributed by atoms with Gasteiger partial charge in [-0.15, -0.1) is 0 Å². The van der Waals surface area contributed by atoms with Crippen molar-refractivity contribution in [3.8, 4) is 17.2 Å². The number of amides is 1. The first-order valence-electron chi connectivity index (χ1n) is 11.4. The molecular weight excluding hydrogens is 460 g/mol. The predicted molar refractivity (Wildman–Crippen MR) is 137 cm³/mol. The molecule has 4 aromatic rings. The highest BCUT2D eigenvalue weighted by molar-refractivity contribution is 7.84. The van der Waals surface area contributed by atoms with E-state index in [9.17, 15) is 9.00 Å². The molecule has 1 heterocycles. The van der Waals surface area contributed by atoms with Gasteiger partial charge >= 0.3 is 0 Å². The highest BCUT2D eigenvalue weighted by Gasteiger charge is 2.16. The molecule has 1 aromatic heterocycles. The number of carbonyl (C=O) groups is 1. The topological polar surface area (TPSA) is 81.4 Å². The molecule has 0 aliphatic carbocycles. The number of benzene rings is 3. The van der Waals surface area contributed by atoms with Crippen LogP contribution in [-0.2, 0) is 23.1 Å². The van der Waals surface area contributed by atoms with E-state index in [1.165, 1.54) is 0 Å². The summed E-state index contributed by atoms with van der Waals surface area (Å²) < 4.78 is 24.0. The van der Waals surface area contributed by atoms with Gasteiger partial charge in [-0.25, -0.2) is 4.98 Å². The fourth-order valence-electron chi connectivity index (χ4n) is 3.50. The molecule has 0 aliphatic heterocycles. The van der Waals surface area contributed by atoms with E-state index >= 15 is 0 Å². The second kappa shape index (κ2) is 11.1. The highest BCUT2D eigenvalue weighted by Crippen LogP contribution is 2.24. The summed E-state index contributed by atoms with van der Waals surface area (Å²) in [6, 6.07) is 22.4. The van der Waals surface area contributed by atoms with Crippen molar-refractivity contribution in [2.45, 2.75) is 38.0 Å². The Balaban J connectivity index is 1.38. The first-order valence-corrected chi connectivity index (χ1v) is 12.8. The van der Waals surface area contributed by atoms with Gasteiger partial charge in [0.1, 0.15) is 11.5 Å². The van der Waals surface area contributed by atoms with Crippen molar-refractivity contribution < 1.29 is 18.2 Å². The molecule has 7 heteroatoms. The van der Waals surface area contributed by atoms with Crippen LogP contribution < -0.4 is 10.1 Å². The molecule has 0 saturated carbocycles. The third-order valence-electron chi connectivity index (χ3n) is 5.53. The number of rotatable bonds is 9. The molecule has 0 aliphatic rings. The maximum absolute atomic E-state index is 12.7. The lowest BCUT2D eigenvalue weighted by molar-refractivity contribution is 0.0951. The molecular formula is C28H28N2O4S. The third kappa shape index (κ3) is 6.25. The minimum absolute atomic E-state index is 0.164. The lowest BCUT2D eigenvalue weighted by Crippen LogP contribution is -2.22. The molecule has 0 radical (unpaired) electrons. The van der Waals surface area contributed by atoms with Crippen LogP contribution in [0.2, 0.25) is 0 Å². The summed E-state index contributed by atoms with van der Waals surface area (Å²) in [7, 11) is -1.21. The van der Waals surface area contributed by atoms with Crippen molar-refractivity contribution in [2.75, 3.05) is 6.61 Å². The molecule has 0 fully saturated rings. The van der Waals surface area contributed by atoms with Gasteiger partial charge < -0.3 is 14.5 Å². The monoisotopic (exact) mass is 488 g/mol. The molecule has 180 valence electrons. The van der Waals surface area contributed by atoms with Crippen molar-refractivity contribution in [1.29, 1.82) is 0 Å². The summed E-state index contributed by atoms with van der Waals surface area (Å²) in [6.45, 7) is 6.80. The number of aryl methyl sites for hydroxylation is 2. The Morgan fingerprint density at radius 3 is 2.31 bits per heavy atom. The molecule has 1 amide bonds. The van der Waals surface area contributed by atoms with Crippen LogP contribution in [0.25, 0.3) is 11.5 Å². The molecule has 0 spiro atoms. The summed E-state index contributed by atoms with van der Waals surface area (Å²) in [5.74, 6) is 2.01. The Hall–Kier alpha value is -3.71. The molecule has 4 rings (SSSR count). The number of carbonyl (C=O) groups excluding carboxylic acids is 1. The lowest BCUT2D eigenvalue weighted by atomic mass is 10.1. The van der Waals surface area contributed by atoms with Crippen LogP contribution in [0, 0.1) is 13.8 Å². The average Bonchev–Trinajstić information content (AvgIpc) is 3.24. The quantitative estimate of drug-likeness (QED) is 0.332.